The van der Waals surface area contributed by atoms with E-state index >= 15 is 0 Å². The number of carboxylic acid groups (broad SMARTS) is 1. The average molecular weight is 243 g/mol. The first-order chi connectivity index (χ1) is 7.39. The van der Waals surface area contributed by atoms with Crippen LogP contribution in [0.25, 0.3) is 0 Å². The topological polar surface area (TPSA) is 74.7 Å². The highest BCUT2D eigenvalue weighted by molar-refractivity contribution is 7.89. The van der Waals surface area contributed by atoms with E-state index in [9.17, 15) is 13.2 Å². The minimum Gasteiger partial charge on any atom is -0.478 e. The van der Waals surface area contributed by atoms with Crippen molar-refractivity contribution in [2.45, 2.75) is 11.8 Å². The Morgan fingerprint density at radius 1 is 1.31 bits per heavy atom. The highest BCUT2D eigenvalue weighted by Crippen LogP contribution is 2.14. The Balaban J connectivity index is 3.12. The first-order valence-electron chi connectivity index (χ1n) is 4.69. The normalized spacial score (nSPS) is 11.7. The van der Waals surface area contributed by atoms with E-state index < -0.39 is 16.0 Å². The quantitative estimate of drug-likeness (QED) is 0.856. The molecule has 1 aromatic rings. The van der Waals surface area contributed by atoms with Gasteiger partial charge in [-0.3, -0.25) is 0 Å². The first-order valence-corrected chi connectivity index (χ1v) is 6.13. The fourth-order valence-corrected chi connectivity index (χ4v) is 2.30. The van der Waals surface area contributed by atoms with Crippen molar-refractivity contribution in [3.8, 4) is 0 Å². The zero-order valence-corrected chi connectivity index (χ0v) is 9.86. The highest BCUT2D eigenvalue weighted by Gasteiger charge is 2.19. The van der Waals surface area contributed by atoms with Gasteiger partial charge in [0, 0.05) is 13.6 Å². The van der Waals surface area contributed by atoms with Gasteiger partial charge >= 0.3 is 5.97 Å². The molecular formula is C10H13NO4S. The molecule has 0 aliphatic carbocycles. The van der Waals surface area contributed by atoms with Crippen molar-refractivity contribution < 1.29 is 18.3 Å². The summed E-state index contributed by atoms with van der Waals surface area (Å²) in [6, 6.07) is 5.15. The molecule has 16 heavy (non-hydrogen) atoms. The molecular weight excluding hydrogens is 230 g/mol. The van der Waals surface area contributed by atoms with Gasteiger partial charge in [-0.15, -0.1) is 0 Å². The summed E-state index contributed by atoms with van der Waals surface area (Å²) in [5.41, 5.74) is 0.0677. The average Bonchev–Trinajstić information content (AvgIpc) is 2.28. The number of carbonyl (C=O) groups is 1. The van der Waals surface area contributed by atoms with E-state index in [0.717, 1.165) is 0 Å². The largest absolute Gasteiger partial charge is 0.478 e. The van der Waals surface area contributed by atoms with Gasteiger partial charge in [0.05, 0.1) is 10.5 Å². The van der Waals surface area contributed by atoms with Gasteiger partial charge in [-0.25, -0.2) is 17.5 Å². The van der Waals surface area contributed by atoms with Crippen LogP contribution >= 0.6 is 0 Å². The highest BCUT2D eigenvalue weighted by atomic mass is 32.2. The van der Waals surface area contributed by atoms with Gasteiger partial charge in [0.25, 0.3) is 0 Å². The molecule has 88 valence electrons. The van der Waals surface area contributed by atoms with E-state index in [1.54, 1.807) is 6.92 Å². The van der Waals surface area contributed by atoms with E-state index in [0.29, 0.717) is 6.54 Å². The number of nitrogens with zero attached hydrogens (tertiary/aromatic N) is 1. The fraction of sp³-hybridized carbons (Fsp3) is 0.300. The number of hydrogen-bond donors (Lipinski definition) is 1. The maximum Gasteiger partial charge on any atom is 0.335 e. The van der Waals surface area contributed by atoms with Gasteiger partial charge in [-0.2, -0.15) is 0 Å². The van der Waals surface area contributed by atoms with Crippen molar-refractivity contribution in [1.29, 1.82) is 0 Å². The molecule has 1 rings (SSSR count). The molecule has 0 aromatic heterocycles. The second kappa shape index (κ2) is 4.63. The van der Waals surface area contributed by atoms with E-state index in [1.807, 2.05) is 0 Å². The molecule has 0 saturated carbocycles. The number of benzene rings is 1. The number of rotatable bonds is 4. The Hall–Kier alpha value is -1.40. The summed E-state index contributed by atoms with van der Waals surface area (Å²) < 4.78 is 24.8. The zero-order valence-electron chi connectivity index (χ0n) is 9.04. The lowest BCUT2D eigenvalue weighted by Crippen LogP contribution is -2.26. The van der Waals surface area contributed by atoms with E-state index in [-0.39, 0.29) is 10.5 Å². The van der Waals surface area contributed by atoms with Crippen LogP contribution in [0.2, 0.25) is 0 Å². The molecule has 0 unspecified atom stereocenters. The summed E-state index contributed by atoms with van der Waals surface area (Å²) in [7, 11) is -2.02. The predicted octanol–water partition coefficient (Wildman–Crippen LogP) is 1.03. The van der Waals surface area contributed by atoms with Crippen LogP contribution in [-0.4, -0.2) is 37.4 Å². The molecule has 0 atom stereocenters. The molecule has 0 saturated heterocycles. The standard InChI is InChI=1S/C10H13NO4S/c1-3-11(2)16(14,15)9-6-4-8(5-7-9)10(12)13/h4-7H,3H2,1-2H3,(H,12,13). The molecule has 0 fully saturated rings. The first kappa shape index (κ1) is 12.7. The van der Waals surface area contributed by atoms with Gasteiger partial charge in [-0.05, 0) is 24.3 Å². The maximum atomic E-state index is 11.8. The Bertz CT molecular complexity index is 478. The van der Waals surface area contributed by atoms with Gasteiger partial charge in [0.1, 0.15) is 0 Å². The van der Waals surface area contributed by atoms with Crippen LogP contribution in [0.15, 0.2) is 29.2 Å². The Kier molecular flexibility index (Phi) is 3.66. The van der Waals surface area contributed by atoms with Gasteiger partial charge in [-0.1, -0.05) is 6.92 Å². The summed E-state index contributed by atoms with van der Waals surface area (Å²) in [5.74, 6) is -1.08. The summed E-state index contributed by atoms with van der Waals surface area (Å²) in [6.45, 7) is 2.09. The third kappa shape index (κ3) is 2.40. The van der Waals surface area contributed by atoms with E-state index in [1.165, 1.54) is 35.6 Å². The van der Waals surface area contributed by atoms with Crippen molar-refractivity contribution in [2.75, 3.05) is 13.6 Å². The van der Waals surface area contributed by atoms with E-state index in [2.05, 4.69) is 0 Å². The van der Waals surface area contributed by atoms with Crippen LogP contribution in [0.4, 0.5) is 0 Å². The summed E-state index contributed by atoms with van der Waals surface area (Å²) in [6.07, 6.45) is 0. The van der Waals surface area contributed by atoms with Gasteiger partial charge in [0.15, 0.2) is 0 Å². The van der Waals surface area contributed by atoms with Crippen LogP contribution in [0, 0.1) is 0 Å². The van der Waals surface area contributed by atoms with Gasteiger partial charge < -0.3 is 5.11 Å². The van der Waals surface area contributed by atoms with Crippen LogP contribution in [0.3, 0.4) is 0 Å². The molecule has 0 aliphatic heterocycles. The molecule has 0 heterocycles. The third-order valence-corrected chi connectivity index (χ3v) is 4.20. The number of hydrogen-bond acceptors (Lipinski definition) is 3. The summed E-state index contributed by atoms with van der Waals surface area (Å²) in [4.78, 5) is 10.7. The number of sulfonamides is 1. The molecule has 0 aliphatic rings. The molecule has 0 spiro atoms. The third-order valence-electron chi connectivity index (χ3n) is 2.25. The van der Waals surface area contributed by atoms with Crippen molar-refractivity contribution in [2.24, 2.45) is 0 Å². The molecule has 1 aromatic carbocycles. The molecule has 5 nitrogen and oxygen atoms in total. The van der Waals surface area contributed by atoms with Crippen LogP contribution in [-0.2, 0) is 10.0 Å². The molecule has 1 N–H and O–H groups in total. The van der Waals surface area contributed by atoms with Crippen LogP contribution in [0.5, 0.6) is 0 Å². The van der Waals surface area contributed by atoms with Crippen molar-refractivity contribution in [1.82, 2.24) is 4.31 Å². The zero-order chi connectivity index (χ0) is 12.3. The molecule has 6 heteroatoms. The lowest BCUT2D eigenvalue weighted by atomic mass is 10.2. The van der Waals surface area contributed by atoms with Crippen molar-refractivity contribution >= 4 is 16.0 Å². The lowest BCUT2D eigenvalue weighted by Gasteiger charge is -2.14. The van der Waals surface area contributed by atoms with Gasteiger partial charge in [0.2, 0.25) is 10.0 Å². The maximum absolute atomic E-state index is 11.8. The number of carboxylic acids is 1. The predicted molar refractivity (Wildman–Crippen MR) is 58.9 cm³/mol. The molecule has 0 amide bonds. The smallest absolute Gasteiger partial charge is 0.335 e. The van der Waals surface area contributed by atoms with Crippen molar-refractivity contribution in [3.63, 3.8) is 0 Å². The second-order valence-electron chi connectivity index (χ2n) is 3.25. The molecule has 0 bridgehead atoms. The Morgan fingerprint density at radius 3 is 2.19 bits per heavy atom. The number of aromatic carboxylic acids is 1. The van der Waals surface area contributed by atoms with Crippen LogP contribution in [0.1, 0.15) is 17.3 Å². The molecule has 0 radical (unpaired) electrons. The monoisotopic (exact) mass is 243 g/mol. The van der Waals surface area contributed by atoms with Crippen molar-refractivity contribution in [3.05, 3.63) is 29.8 Å². The minimum absolute atomic E-state index is 0.0677. The minimum atomic E-state index is -3.49. The second-order valence-corrected chi connectivity index (χ2v) is 5.29. The summed E-state index contributed by atoms with van der Waals surface area (Å²) >= 11 is 0. The van der Waals surface area contributed by atoms with E-state index in [4.69, 9.17) is 5.11 Å². The summed E-state index contributed by atoms with van der Waals surface area (Å²) in [5, 5.41) is 8.67. The fourth-order valence-electron chi connectivity index (χ4n) is 1.12. The Labute approximate surface area is 94.4 Å². The SMILES string of the molecule is CCN(C)S(=O)(=O)c1ccc(C(=O)O)cc1. The van der Waals surface area contributed by atoms with Crippen LogP contribution < -0.4 is 0 Å². The lowest BCUT2D eigenvalue weighted by molar-refractivity contribution is 0.0696. The Morgan fingerprint density at radius 2 is 1.81 bits per heavy atom.